The minimum atomic E-state index is -6.09. The number of halogens is 6. The Hall–Kier alpha value is -3.48. The van der Waals surface area contributed by atoms with Crippen molar-refractivity contribution < 1.29 is 69.4 Å². The van der Waals surface area contributed by atoms with E-state index in [0.29, 0.717) is 0 Å². The van der Waals surface area contributed by atoms with Crippen molar-refractivity contribution in [2.75, 3.05) is 0 Å². The second-order valence-corrected chi connectivity index (χ2v) is 19.3. The van der Waals surface area contributed by atoms with E-state index in [9.17, 15) is 26.3 Å². The molecule has 0 saturated carbocycles. The molecule has 0 bridgehead atoms. The molecule has 0 unspecified atom stereocenters. The van der Waals surface area contributed by atoms with E-state index in [0.717, 1.165) is 22.8 Å². The molecule has 0 atom stereocenters. The number of rotatable bonds is 2. The molecule has 0 aliphatic carbocycles. The maximum Gasteiger partial charge on any atom is 2.00 e. The van der Waals surface area contributed by atoms with Crippen LogP contribution in [0, 0.1) is 0 Å². The van der Waals surface area contributed by atoms with Gasteiger partial charge in [-0.15, -0.1) is 0 Å². The van der Waals surface area contributed by atoms with E-state index >= 15 is 0 Å². The standard InChI is InChI=1S/2C18H24N2.2CHF3O3S.Mn/c2*1-17(2,3)13-7-9-19-15(11-13)16-12-14(8-10-20-16)18(4,5)6;2*2-1(3,4)8(5,6)7;/h2*7-12H,1-6H3;2*(H,5,6,7);/q;;;;+2/p-2. The van der Waals surface area contributed by atoms with Crippen LogP contribution in [-0.4, -0.2) is 56.9 Å². The van der Waals surface area contributed by atoms with Crippen molar-refractivity contribution in [1.29, 1.82) is 0 Å². The molecule has 4 aromatic rings. The first-order valence-electron chi connectivity index (χ1n) is 16.8. The van der Waals surface area contributed by atoms with Crippen LogP contribution in [0.5, 0.6) is 0 Å². The Morgan fingerprint density at radius 2 is 0.544 bits per heavy atom. The molecule has 1 radical (unpaired) electrons. The monoisotopic (exact) mass is 889 g/mol. The van der Waals surface area contributed by atoms with E-state index in [1.165, 1.54) is 22.3 Å². The summed E-state index contributed by atoms with van der Waals surface area (Å²) in [7, 11) is -12.2. The fourth-order valence-electron chi connectivity index (χ4n) is 4.15. The van der Waals surface area contributed by atoms with Crippen LogP contribution in [0.2, 0.25) is 0 Å². The van der Waals surface area contributed by atoms with Gasteiger partial charge in [-0.2, -0.15) is 26.3 Å². The van der Waals surface area contributed by atoms with Crippen molar-refractivity contribution in [3.8, 4) is 22.8 Å². The summed E-state index contributed by atoms with van der Waals surface area (Å²) in [5, 5.41) is 0. The summed E-state index contributed by atoms with van der Waals surface area (Å²) in [4.78, 5) is 17.9. The smallest absolute Gasteiger partial charge is 0.741 e. The zero-order valence-corrected chi connectivity index (χ0v) is 36.4. The van der Waals surface area contributed by atoms with Gasteiger partial charge in [0.2, 0.25) is 0 Å². The number of pyridine rings is 4. The molecule has 19 heteroatoms. The predicted molar refractivity (Wildman–Crippen MR) is 201 cm³/mol. The number of nitrogens with zero attached hydrogens (tertiary/aromatic N) is 4. The average Bonchev–Trinajstić information content (AvgIpc) is 3.02. The van der Waals surface area contributed by atoms with E-state index in [1.54, 1.807) is 0 Å². The third kappa shape index (κ3) is 17.9. The van der Waals surface area contributed by atoms with Gasteiger partial charge in [-0.05, 0) is 92.4 Å². The van der Waals surface area contributed by atoms with Gasteiger partial charge < -0.3 is 9.11 Å². The topological polar surface area (TPSA) is 166 Å². The van der Waals surface area contributed by atoms with Crippen LogP contribution in [-0.2, 0) is 59.0 Å². The molecule has 0 amide bonds. The van der Waals surface area contributed by atoms with Gasteiger partial charge in [-0.25, -0.2) is 16.8 Å². The van der Waals surface area contributed by atoms with Crippen LogP contribution in [0.1, 0.15) is 105 Å². The van der Waals surface area contributed by atoms with Gasteiger partial charge >= 0.3 is 28.1 Å². The first-order valence-corrected chi connectivity index (χ1v) is 19.6. The van der Waals surface area contributed by atoms with Crippen LogP contribution in [0.3, 0.4) is 0 Å². The van der Waals surface area contributed by atoms with Crippen molar-refractivity contribution in [2.45, 2.75) is 116 Å². The fraction of sp³-hybridized carbons (Fsp3) is 0.474. The number of aromatic nitrogens is 4. The third-order valence-electron chi connectivity index (χ3n) is 7.60. The molecule has 317 valence electrons. The van der Waals surface area contributed by atoms with Crippen LogP contribution in [0.15, 0.2) is 73.3 Å². The zero-order valence-electron chi connectivity index (χ0n) is 33.6. The molecule has 0 spiro atoms. The Balaban J connectivity index is 0.000000796. The average molecular weight is 890 g/mol. The minimum Gasteiger partial charge on any atom is -0.741 e. The van der Waals surface area contributed by atoms with Crippen molar-refractivity contribution in [3.63, 3.8) is 0 Å². The molecule has 57 heavy (non-hydrogen) atoms. The molecule has 10 nitrogen and oxygen atoms in total. The molecule has 0 fully saturated rings. The second-order valence-electron chi connectivity index (χ2n) is 16.5. The molecule has 0 saturated heterocycles. The van der Waals surface area contributed by atoms with Gasteiger partial charge in [0.15, 0.2) is 20.2 Å². The Labute approximate surface area is 342 Å². The molecular formula is C38H48F6MnN4O6S2. The van der Waals surface area contributed by atoms with Gasteiger partial charge in [0.1, 0.15) is 0 Å². The summed E-state index contributed by atoms with van der Waals surface area (Å²) in [6.45, 7) is 26.6. The SMILES string of the molecule is CC(C)(C)c1ccnc(-c2cc(C(C)(C)C)ccn2)c1.CC(C)(C)c1ccnc(-c2cc(C(C)(C)C)ccn2)c1.O=S(=O)([O-])C(F)(F)F.O=S(=O)([O-])C(F)(F)F.[Mn+2]. The first kappa shape index (κ1) is 53.5. The molecule has 0 aromatic carbocycles. The van der Waals surface area contributed by atoms with Crippen molar-refractivity contribution in [3.05, 3.63) is 95.6 Å². The van der Waals surface area contributed by atoms with Gasteiger partial charge in [-0.3, -0.25) is 19.9 Å². The van der Waals surface area contributed by atoms with Crippen molar-refractivity contribution in [1.82, 2.24) is 19.9 Å². The predicted octanol–water partition coefficient (Wildman–Crippen LogP) is 9.58. The molecule has 0 aliphatic rings. The number of hydrogen-bond donors (Lipinski definition) is 0. The Kier molecular flexibility index (Phi) is 18.3. The maximum absolute atomic E-state index is 10.7. The van der Waals surface area contributed by atoms with Crippen LogP contribution < -0.4 is 0 Å². The van der Waals surface area contributed by atoms with Crippen LogP contribution in [0.4, 0.5) is 26.3 Å². The fourth-order valence-corrected chi connectivity index (χ4v) is 4.15. The largest absolute Gasteiger partial charge is 2.00 e. The van der Waals surface area contributed by atoms with E-state index < -0.39 is 31.3 Å². The Morgan fingerprint density at radius 1 is 0.404 bits per heavy atom. The van der Waals surface area contributed by atoms with E-state index in [-0.39, 0.29) is 38.7 Å². The third-order valence-corrected chi connectivity index (χ3v) is 8.73. The zero-order chi connectivity index (χ0) is 43.9. The van der Waals surface area contributed by atoms with Gasteiger partial charge in [0.05, 0.1) is 22.8 Å². The van der Waals surface area contributed by atoms with Crippen LogP contribution in [0.25, 0.3) is 22.8 Å². The first-order chi connectivity index (χ1) is 24.9. The van der Waals surface area contributed by atoms with E-state index in [1.807, 2.05) is 24.8 Å². The molecule has 4 rings (SSSR count). The Morgan fingerprint density at radius 3 is 0.649 bits per heavy atom. The number of hydrogen-bond acceptors (Lipinski definition) is 10. The van der Waals surface area contributed by atoms with Gasteiger partial charge in [0, 0.05) is 24.8 Å². The molecule has 4 heterocycles. The molecule has 4 aromatic heterocycles. The molecular weight excluding hydrogens is 842 g/mol. The Bertz CT molecular complexity index is 1880. The molecule has 0 aliphatic heterocycles. The van der Waals surface area contributed by atoms with E-state index in [2.05, 4.69) is 152 Å². The van der Waals surface area contributed by atoms with Crippen molar-refractivity contribution >= 4 is 20.2 Å². The summed E-state index contributed by atoms with van der Waals surface area (Å²) >= 11 is 0. The quantitative estimate of drug-likeness (QED) is 0.0819. The van der Waals surface area contributed by atoms with Crippen LogP contribution >= 0.6 is 0 Å². The van der Waals surface area contributed by atoms with Gasteiger partial charge in [-0.1, -0.05) is 83.1 Å². The van der Waals surface area contributed by atoms with Crippen molar-refractivity contribution in [2.24, 2.45) is 0 Å². The number of alkyl halides is 6. The summed E-state index contributed by atoms with van der Waals surface area (Å²) in [5.74, 6) is 0. The summed E-state index contributed by atoms with van der Waals surface area (Å²) in [6.07, 6.45) is 7.51. The van der Waals surface area contributed by atoms with Gasteiger partial charge in [0.25, 0.3) is 0 Å². The summed E-state index contributed by atoms with van der Waals surface area (Å²) in [5.41, 5.74) is -1.87. The maximum atomic E-state index is 10.7. The second kappa shape index (κ2) is 19.5. The van der Waals surface area contributed by atoms with E-state index in [4.69, 9.17) is 25.9 Å². The normalized spacial score (nSPS) is 12.7. The molecule has 0 N–H and O–H groups in total. The minimum absolute atomic E-state index is 0. The summed E-state index contributed by atoms with van der Waals surface area (Å²) < 4.78 is 118. The summed E-state index contributed by atoms with van der Waals surface area (Å²) in [6, 6.07) is 16.9.